The fourth-order valence-electron chi connectivity index (χ4n) is 7.69. The number of anilines is 1. The molecule has 0 radical (unpaired) electrons. The zero-order valence-corrected chi connectivity index (χ0v) is 33.1. The molecule has 1 atom stereocenters. The minimum absolute atomic E-state index is 0.0272. The zero-order chi connectivity index (χ0) is 41.3. The number of hydrogen-bond acceptors (Lipinski definition) is 9. The highest BCUT2D eigenvalue weighted by atomic mass is 32.2. The first-order valence-corrected chi connectivity index (χ1v) is 19.3. The molecule has 0 fully saturated rings. The number of unbranched alkanes of at least 4 members (excludes halogenated alkanes) is 1. The van der Waals surface area contributed by atoms with E-state index in [1.807, 2.05) is 78.9 Å². The number of allylic oxidation sites excluding steroid dienone is 8. The van der Waals surface area contributed by atoms with Crippen LogP contribution in [0.4, 0.5) is 11.4 Å². The number of nitrogens with zero attached hydrogens (tertiary/aromatic N) is 2. The van der Waals surface area contributed by atoms with Gasteiger partial charge in [0.05, 0.1) is 23.9 Å². The molecule has 14 heteroatoms. The molecule has 2 aliphatic rings. The van der Waals surface area contributed by atoms with Crippen molar-refractivity contribution in [1.82, 2.24) is 5.32 Å². The van der Waals surface area contributed by atoms with Crippen molar-refractivity contribution in [2.75, 3.05) is 18.0 Å². The quantitative estimate of drug-likeness (QED) is 0.0199. The summed E-state index contributed by atoms with van der Waals surface area (Å²) in [6, 6.07) is 16.5. The summed E-state index contributed by atoms with van der Waals surface area (Å²) in [5.74, 6) is -4.06. The molecule has 5 N–H and O–H groups in total. The van der Waals surface area contributed by atoms with E-state index in [-0.39, 0.29) is 18.3 Å². The lowest BCUT2D eigenvalue weighted by Crippen LogP contribution is -2.42. The van der Waals surface area contributed by atoms with E-state index >= 15 is 0 Å². The lowest BCUT2D eigenvalue weighted by Gasteiger charge is -2.27. The van der Waals surface area contributed by atoms with Crippen LogP contribution in [0.2, 0.25) is 0 Å². The van der Waals surface area contributed by atoms with Gasteiger partial charge in [0.1, 0.15) is 12.5 Å². The van der Waals surface area contributed by atoms with E-state index in [0.29, 0.717) is 25.9 Å². The molecule has 1 amide bonds. The summed E-state index contributed by atoms with van der Waals surface area (Å²) in [6.45, 7) is 9.54. The number of carboxylic acids is 3. The van der Waals surface area contributed by atoms with Crippen LogP contribution in [0.25, 0.3) is 10.8 Å². The second kappa shape index (κ2) is 18.6. The molecule has 0 aliphatic carbocycles. The molecule has 0 saturated heterocycles. The summed E-state index contributed by atoms with van der Waals surface area (Å²) >= 11 is 0.889. The molecule has 1 unspecified atom stereocenters. The largest absolute Gasteiger partial charge is 0.481 e. The van der Waals surface area contributed by atoms with Crippen LogP contribution in [0.5, 0.6) is 0 Å². The number of benzene rings is 3. The monoisotopic (exact) mass is 798 g/mol. The number of rotatable bonds is 19. The number of fused-ring (bicyclic) bond motifs is 4. The predicted octanol–water partition coefficient (Wildman–Crippen LogP) is 7.68. The molecular formula is C43H48N3O10S+. The average molecular weight is 799 g/mol. The number of carbonyl (C=O) groups excluding carboxylic acids is 1. The van der Waals surface area contributed by atoms with Crippen molar-refractivity contribution in [3.63, 3.8) is 0 Å². The number of amides is 1. The van der Waals surface area contributed by atoms with Gasteiger partial charge in [-0.25, -0.2) is 10.1 Å². The zero-order valence-electron chi connectivity index (χ0n) is 32.3. The number of aliphatic carboxylic acids is 3. The molecule has 3 aromatic carbocycles. The van der Waals surface area contributed by atoms with Crippen LogP contribution in [0.15, 0.2) is 108 Å². The van der Waals surface area contributed by atoms with Crippen LogP contribution in [-0.4, -0.2) is 73.8 Å². The Morgan fingerprint density at radius 3 is 2.33 bits per heavy atom. The van der Waals surface area contributed by atoms with E-state index in [1.165, 1.54) is 5.56 Å². The molecule has 0 saturated carbocycles. The van der Waals surface area contributed by atoms with E-state index in [2.05, 4.69) is 70.1 Å². The molecule has 0 bridgehead atoms. The predicted molar refractivity (Wildman–Crippen MR) is 218 cm³/mol. The van der Waals surface area contributed by atoms with Gasteiger partial charge in [-0.2, -0.15) is 4.58 Å². The van der Waals surface area contributed by atoms with Crippen molar-refractivity contribution in [3.8, 4) is 0 Å². The maximum absolute atomic E-state index is 12.4. The Balaban J connectivity index is 1.30. The Bertz CT molecular complexity index is 2190. The third-order valence-electron chi connectivity index (χ3n) is 10.3. The number of nitrogens with one attached hydrogen (secondary N) is 1. The minimum atomic E-state index is -1.47. The van der Waals surface area contributed by atoms with Gasteiger partial charge in [0.25, 0.3) is 0 Å². The first kappa shape index (κ1) is 42.6. The van der Waals surface area contributed by atoms with Gasteiger partial charge in [-0.05, 0) is 73.4 Å². The van der Waals surface area contributed by atoms with Crippen molar-refractivity contribution in [3.05, 3.63) is 114 Å². The molecule has 3 aromatic rings. The van der Waals surface area contributed by atoms with Crippen LogP contribution in [-0.2, 0) is 39.4 Å². The SMILES string of the molecule is CC1(C)C(/C=C/C=C/C=C/C=C2/N(CCCCC(=O)NC(CC(=O)O)C(=O)O)c3ccccc3C2(C)C)=[N+](CCC(=O)O)c2ccc3cc(SOOO)ccc3c21. The Kier molecular flexibility index (Phi) is 13.9. The number of para-hydroxylation sites is 1. The average Bonchev–Trinajstić information content (AvgIpc) is 3.51. The van der Waals surface area contributed by atoms with Gasteiger partial charge in [0, 0.05) is 52.4 Å². The van der Waals surface area contributed by atoms with Crippen LogP contribution in [0.1, 0.15) is 70.9 Å². The van der Waals surface area contributed by atoms with Crippen LogP contribution in [0, 0.1) is 0 Å². The van der Waals surface area contributed by atoms with Crippen LogP contribution < -0.4 is 10.2 Å². The van der Waals surface area contributed by atoms with Gasteiger partial charge in [-0.15, -0.1) is 4.33 Å². The Labute approximate surface area is 335 Å². The molecule has 0 spiro atoms. The second-order valence-electron chi connectivity index (χ2n) is 14.9. The maximum atomic E-state index is 12.4. The highest BCUT2D eigenvalue weighted by Crippen LogP contribution is 2.48. The van der Waals surface area contributed by atoms with E-state index in [1.54, 1.807) is 0 Å². The van der Waals surface area contributed by atoms with E-state index in [0.717, 1.165) is 56.1 Å². The highest BCUT2D eigenvalue weighted by molar-refractivity contribution is 7.94. The summed E-state index contributed by atoms with van der Waals surface area (Å²) in [7, 11) is 0. The fraction of sp³-hybridized carbons (Fsp3) is 0.326. The summed E-state index contributed by atoms with van der Waals surface area (Å²) in [6.07, 6.45) is 14.4. The van der Waals surface area contributed by atoms with Gasteiger partial charge >= 0.3 is 17.9 Å². The van der Waals surface area contributed by atoms with E-state index in [9.17, 15) is 29.4 Å². The molecular weight excluding hydrogens is 751 g/mol. The first-order valence-electron chi connectivity index (χ1n) is 18.6. The van der Waals surface area contributed by atoms with Crippen molar-refractivity contribution >= 4 is 63.7 Å². The van der Waals surface area contributed by atoms with Crippen molar-refractivity contribution in [2.45, 2.75) is 81.6 Å². The standard InChI is InChI=1S/C43H47N3O10S/c1-42(2)31-14-10-11-15-33(31)45(24-13-12-18-37(47)44-32(41(52)53)27-39(50)51)35(42)16-8-6-5-7-9-17-36-43(3,4)40-30-21-20-29(57-56-55-54)26-28(30)19-22-34(40)46(36)25-23-38(48)49/h5-11,14-17,19-22,26,32H,12-13,18,23-25,27H2,1-4H3,(H4-,44,47,48,49,50,51,52,53,54)/p+1. The smallest absolute Gasteiger partial charge is 0.326 e. The topological polar surface area (TPSA) is 186 Å². The molecule has 2 aliphatic heterocycles. The summed E-state index contributed by atoms with van der Waals surface area (Å²) in [5, 5.41) is 44.4. The van der Waals surface area contributed by atoms with Crippen LogP contribution in [0.3, 0.4) is 0 Å². The third-order valence-corrected chi connectivity index (χ3v) is 10.9. The molecule has 13 nitrogen and oxygen atoms in total. The second-order valence-corrected chi connectivity index (χ2v) is 15.6. The van der Waals surface area contributed by atoms with Gasteiger partial charge in [-0.1, -0.05) is 73.5 Å². The van der Waals surface area contributed by atoms with Gasteiger partial charge in [0.2, 0.25) is 11.6 Å². The summed E-state index contributed by atoms with van der Waals surface area (Å²) < 4.78 is 6.69. The molecule has 57 heavy (non-hydrogen) atoms. The third kappa shape index (κ3) is 9.89. The molecule has 5 rings (SSSR count). The number of hydrogen-bond donors (Lipinski definition) is 5. The number of carbonyl (C=O) groups is 4. The molecule has 0 aromatic heterocycles. The summed E-state index contributed by atoms with van der Waals surface area (Å²) in [4.78, 5) is 49.4. The Hall–Kier alpha value is -5.54. The molecule has 300 valence electrons. The normalized spacial score (nSPS) is 16.9. The van der Waals surface area contributed by atoms with E-state index in [4.69, 9.17) is 10.4 Å². The Morgan fingerprint density at radius 2 is 1.61 bits per heavy atom. The maximum Gasteiger partial charge on any atom is 0.326 e. The lowest BCUT2D eigenvalue weighted by molar-refractivity contribution is -0.436. The highest BCUT2D eigenvalue weighted by Gasteiger charge is 2.45. The summed E-state index contributed by atoms with van der Waals surface area (Å²) in [5.41, 5.74) is 5.62. The van der Waals surface area contributed by atoms with Crippen molar-refractivity contribution in [2.24, 2.45) is 0 Å². The number of carboxylic acid groups (broad SMARTS) is 3. The van der Waals surface area contributed by atoms with Gasteiger partial charge < -0.3 is 25.5 Å². The van der Waals surface area contributed by atoms with Gasteiger partial charge in [0.15, 0.2) is 12.3 Å². The lowest BCUT2D eigenvalue weighted by atomic mass is 9.79. The Morgan fingerprint density at radius 1 is 0.877 bits per heavy atom. The minimum Gasteiger partial charge on any atom is -0.481 e. The van der Waals surface area contributed by atoms with Crippen molar-refractivity contribution in [1.29, 1.82) is 0 Å². The first-order chi connectivity index (χ1) is 27.2. The van der Waals surface area contributed by atoms with E-state index < -0.39 is 41.7 Å². The molecule has 2 heterocycles. The fourth-order valence-corrected chi connectivity index (χ4v) is 8.10. The van der Waals surface area contributed by atoms with Gasteiger partial charge in [-0.3, -0.25) is 14.4 Å². The van der Waals surface area contributed by atoms with Crippen LogP contribution >= 0.6 is 12.0 Å². The van der Waals surface area contributed by atoms with Crippen molar-refractivity contribution < 1.29 is 53.7 Å².